The number of Topliss-reactive ketones (excluding diaryl/α,β-unsaturated/α-hetero) is 1. The van der Waals surface area contributed by atoms with Gasteiger partial charge in [-0.15, -0.1) is 12.4 Å². The molecule has 4 rings (SSSR count). The molecule has 4 nitrogen and oxygen atoms in total. The molecule has 156 valence electrons. The molecule has 1 N–H and O–H groups in total. The molecule has 2 heterocycles. The van der Waals surface area contributed by atoms with Gasteiger partial charge in [-0.2, -0.15) is 0 Å². The van der Waals surface area contributed by atoms with E-state index >= 15 is 0 Å². The van der Waals surface area contributed by atoms with Crippen LogP contribution in [0.1, 0.15) is 42.2 Å². The van der Waals surface area contributed by atoms with Crippen molar-refractivity contribution in [3.63, 3.8) is 0 Å². The third-order valence-corrected chi connectivity index (χ3v) is 6.19. The molecule has 2 aliphatic heterocycles. The number of carbonyl (C=O) groups is 1. The van der Waals surface area contributed by atoms with E-state index in [-0.39, 0.29) is 12.4 Å². The summed E-state index contributed by atoms with van der Waals surface area (Å²) in [5.74, 6) is 0.937. The van der Waals surface area contributed by atoms with Gasteiger partial charge in [0.1, 0.15) is 12.0 Å². The molecule has 0 spiro atoms. The number of fused-ring (bicyclic) bond motifs is 1. The van der Waals surface area contributed by atoms with E-state index in [9.17, 15) is 9.90 Å². The molecule has 0 aromatic heterocycles. The van der Waals surface area contributed by atoms with Crippen LogP contribution in [0.3, 0.4) is 0 Å². The average Bonchev–Trinajstić information content (AvgIpc) is 3.04. The van der Waals surface area contributed by atoms with E-state index in [2.05, 4.69) is 28.0 Å². The van der Waals surface area contributed by atoms with Crippen molar-refractivity contribution in [1.82, 2.24) is 9.80 Å². The van der Waals surface area contributed by atoms with E-state index in [0.29, 0.717) is 24.7 Å². The first-order valence-electron chi connectivity index (χ1n) is 10.5. The lowest BCUT2D eigenvalue weighted by molar-refractivity contribution is -0.120. The van der Waals surface area contributed by atoms with Crippen molar-refractivity contribution in [2.45, 2.75) is 38.5 Å². The maximum absolute atomic E-state index is 12.3. The summed E-state index contributed by atoms with van der Waals surface area (Å²) >= 11 is 0. The lowest BCUT2D eigenvalue weighted by Gasteiger charge is -2.34. The van der Waals surface area contributed by atoms with Gasteiger partial charge in [0, 0.05) is 19.5 Å². The standard InChI is InChI=1S/C24H30N2O2.ClH/c27-22(11-10-19-6-2-1-3-7-19)18-25-14-12-20(13-15-25)16-26-17-21-8-4-5-9-23(21)24(26)28;/h1-9,20,24,28H,10-18H2;1H. The molecular weight excluding hydrogens is 384 g/mol. The number of rotatable bonds is 7. The summed E-state index contributed by atoms with van der Waals surface area (Å²) in [5.41, 5.74) is 3.54. The van der Waals surface area contributed by atoms with Crippen LogP contribution in [0.2, 0.25) is 0 Å². The summed E-state index contributed by atoms with van der Waals surface area (Å²) in [6, 6.07) is 18.4. The highest BCUT2D eigenvalue weighted by molar-refractivity contribution is 5.85. The molecule has 0 radical (unpaired) electrons. The maximum Gasteiger partial charge on any atom is 0.147 e. The first kappa shape index (κ1) is 22.0. The van der Waals surface area contributed by atoms with Crippen molar-refractivity contribution in [1.29, 1.82) is 0 Å². The largest absolute Gasteiger partial charge is 0.374 e. The molecule has 1 saturated heterocycles. The van der Waals surface area contributed by atoms with Crippen LogP contribution in [-0.2, 0) is 17.8 Å². The van der Waals surface area contributed by atoms with Crippen LogP contribution in [0.15, 0.2) is 54.6 Å². The number of aliphatic hydroxyl groups is 1. The van der Waals surface area contributed by atoms with Crippen molar-refractivity contribution in [3.05, 3.63) is 71.3 Å². The minimum atomic E-state index is -0.464. The first-order chi connectivity index (χ1) is 13.7. The summed E-state index contributed by atoms with van der Waals surface area (Å²) in [5, 5.41) is 10.6. The predicted octanol–water partition coefficient (Wildman–Crippen LogP) is 3.83. The SMILES string of the molecule is Cl.O=C(CCc1ccccc1)CN1CCC(CN2Cc3ccccc3C2O)CC1. The number of benzene rings is 2. The van der Waals surface area contributed by atoms with Gasteiger partial charge in [-0.1, -0.05) is 54.6 Å². The summed E-state index contributed by atoms with van der Waals surface area (Å²) in [6.45, 7) is 4.33. The molecular formula is C24H31ClN2O2. The molecule has 29 heavy (non-hydrogen) atoms. The Morgan fingerprint density at radius 2 is 1.69 bits per heavy atom. The zero-order valence-electron chi connectivity index (χ0n) is 16.9. The van der Waals surface area contributed by atoms with Gasteiger partial charge in [0.15, 0.2) is 0 Å². The van der Waals surface area contributed by atoms with Crippen LogP contribution in [0.25, 0.3) is 0 Å². The molecule has 2 aromatic rings. The van der Waals surface area contributed by atoms with Gasteiger partial charge >= 0.3 is 0 Å². The predicted molar refractivity (Wildman–Crippen MR) is 118 cm³/mol. The Morgan fingerprint density at radius 1 is 1.00 bits per heavy atom. The Hall–Kier alpha value is -1.72. The minimum Gasteiger partial charge on any atom is -0.374 e. The number of halogens is 1. The zero-order chi connectivity index (χ0) is 19.3. The van der Waals surface area contributed by atoms with Crippen LogP contribution in [0.4, 0.5) is 0 Å². The second-order valence-electron chi connectivity index (χ2n) is 8.25. The van der Waals surface area contributed by atoms with Crippen LogP contribution in [-0.4, -0.2) is 46.9 Å². The molecule has 0 amide bonds. The molecule has 1 atom stereocenters. The average molecular weight is 415 g/mol. The van der Waals surface area contributed by atoms with Gasteiger partial charge in [0.2, 0.25) is 0 Å². The molecule has 1 fully saturated rings. The van der Waals surface area contributed by atoms with Gasteiger partial charge < -0.3 is 5.11 Å². The van der Waals surface area contributed by atoms with Crippen LogP contribution < -0.4 is 0 Å². The Morgan fingerprint density at radius 3 is 2.41 bits per heavy atom. The third kappa shape index (κ3) is 5.67. The Labute approximate surface area is 179 Å². The fourth-order valence-corrected chi connectivity index (χ4v) is 4.51. The van der Waals surface area contributed by atoms with E-state index in [1.54, 1.807) is 0 Å². The molecule has 2 aromatic carbocycles. The molecule has 1 unspecified atom stereocenters. The van der Waals surface area contributed by atoms with Crippen LogP contribution >= 0.6 is 12.4 Å². The summed E-state index contributed by atoms with van der Waals surface area (Å²) in [4.78, 5) is 16.8. The van der Waals surface area contributed by atoms with E-state index in [0.717, 1.165) is 51.0 Å². The summed E-state index contributed by atoms with van der Waals surface area (Å²) < 4.78 is 0. The zero-order valence-corrected chi connectivity index (χ0v) is 17.7. The van der Waals surface area contributed by atoms with E-state index in [4.69, 9.17) is 0 Å². The molecule has 0 aliphatic carbocycles. The third-order valence-electron chi connectivity index (χ3n) is 6.19. The van der Waals surface area contributed by atoms with Gasteiger partial charge in [-0.05, 0) is 55.0 Å². The maximum atomic E-state index is 12.3. The first-order valence-corrected chi connectivity index (χ1v) is 10.5. The Balaban J connectivity index is 0.00000240. The number of hydrogen-bond acceptors (Lipinski definition) is 4. The quantitative estimate of drug-likeness (QED) is 0.747. The highest BCUT2D eigenvalue weighted by Gasteiger charge is 2.31. The summed E-state index contributed by atoms with van der Waals surface area (Å²) in [6.07, 6.45) is 3.21. The lowest BCUT2D eigenvalue weighted by Crippen LogP contribution is -2.40. The second-order valence-corrected chi connectivity index (χ2v) is 8.25. The lowest BCUT2D eigenvalue weighted by atomic mass is 9.95. The minimum absolute atomic E-state index is 0. The van der Waals surface area contributed by atoms with Crippen molar-refractivity contribution < 1.29 is 9.90 Å². The highest BCUT2D eigenvalue weighted by atomic mass is 35.5. The van der Waals surface area contributed by atoms with Gasteiger partial charge in [-0.3, -0.25) is 14.6 Å². The van der Waals surface area contributed by atoms with Crippen LogP contribution in [0, 0.1) is 5.92 Å². The van der Waals surface area contributed by atoms with Crippen molar-refractivity contribution in [2.75, 3.05) is 26.2 Å². The topological polar surface area (TPSA) is 43.8 Å². The van der Waals surface area contributed by atoms with Gasteiger partial charge in [0.05, 0.1) is 6.54 Å². The van der Waals surface area contributed by atoms with Gasteiger partial charge in [-0.25, -0.2) is 0 Å². The second kappa shape index (κ2) is 10.4. The monoisotopic (exact) mass is 414 g/mol. The number of aliphatic hydroxyl groups excluding tert-OH is 1. The Kier molecular flexibility index (Phi) is 7.84. The molecule has 0 saturated carbocycles. The number of hydrogen-bond donors (Lipinski definition) is 1. The number of nitrogens with zero attached hydrogens (tertiary/aromatic N) is 2. The number of piperidine rings is 1. The number of carbonyl (C=O) groups excluding carboxylic acids is 1. The number of ketones is 1. The van der Waals surface area contributed by atoms with Crippen molar-refractivity contribution >= 4 is 18.2 Å². The van der Waals surface area contributed by atoms with Crippen molar-refractivity contribution in [2.24, 2.45) is 5.92 Å². The highest BCUT2D eigenvalue weighted by Crippen LogP contribution is 2.33. The van der Waals surface area contributed by atoms with E-state index in [1.165, 1.54) is 11.1 Å². The molecule has 2 aliphatic rings. The fourth-order valence-electron chi connectivity index (χ4n) is 4.51. The van der Waals surface area contributed by atoms with E-state index < -0.39 is 6.23 Å². The van der Waals surface area contributed by atoms with Gasteiger partial charge in [0.25, 0.3) is 0 Å². The summed E-state index contributed by atoms with van der Waals surface area (Å²) in [7, 11) is 0. The number of likely N-dealkylation sites (tertiary alicyclic amines) is 1. The van der Waals surface area contributed by atoms with Crippen LogP contribution in [0.5, 0.6) is 0 Å². The van der Waals surface area contributed by atoms with E-state index in [1.807, 2.05) is 36.4 Å². The fraction of sp³-hybridized carbons (Fsp3) is 0.458. The molecule has 5 heteroatoms. The van der Waals surface area contributed by atoms with Crippen molar-refractivity contribution in [3.8, 4) is 0 Å². The molecule has 0 bridgehead atoms. The Bertz CT molecular complexity index is 790. The number of aryl methyl sites for hydroxylation is 1. The smallest absolute Gasteiger partial charge is 0.147 e. The normalized spacial score (nSPS) is 20.2.